The van der Waals surface area contributed by atoms with Crippen LogP contribution in [0.3, 0.4) is 0 Å². The molecule has 0 spiro atoms. The van der Waals surface area contributed by atoms with Gasteiger partial charge >= 0.3 is 8.32 Å². The Morgan fingerprint density at radius 2 is 1.38 bits per heavy atom. The van der Waals surface area contributed by atoms with Gasteiger partial charge in [0, 0.05) is 5.56 Å². The second-order valence-electron chi connectivity index (χ2n) is 8.65. The molecule has 0 N–H and O–H groups in total. The Labute approximate surface area is 180 Å². The number of aryl methyl sites for hydroxylation is 1. The molecule has 0 saturated heterocycles. The van der Waals surface area contributed by atoms with Gasteiger partial charge in [0.05, 0.1) is 5.02 Å². The summed E-state index contributed by atoms with van der Waals surface area (Å²) in [6, 6.07) is 27.7. The predicted molar refractivity (Wildman–Crippen MR) is 126 cm³/mol. The summed E-state index contributed by atoms with van der Waals surface area (Å²) in [5.74, 6) is 0.936. The van der Waals surface area contributed by atoms with Crippen LogP contribution < -0.4 is 10.4 Å². The molecule has 1 nitrogen and oxygen atoms in total. The molecule has 1 aliphatic rings. The zero-order valence-electron chi connectivity index (χ0n) is 17.3. The summed E-state index contributed by atoms with van der Waals surface area (Å²) in [7, 11) is -2.66. The lowest BCUT2D eigenvalue weighted by molar-refractivity contribution is 0.469. The topological polar surface area (TPSA) is 9.23 Å². The molecule has 4 rings (SSSR count). The molecule has 29 heavy (non-hydrogen) atoms. The first-order chi connectivity index (χ1) is 13.9. The van der Waals surface area contributed by atoms with Crippen LogP contribution in [0.15, 0.2) is 84.9 Å². The molecule has 0 atom stereocenters. The van der Waals surface area contributed by atoms with Crippen LogP contribution in [0, 0.1) is 0 Å². The fraction of sp³-hybridized carbons (Fsp3) is 0.231. The molecule has 148 valence electrons. The summed E-state index contributed by atoms with van der Waals surface area (Å²) in [6.07, 6.45) is 4.21. The van der Waals surface area contributed by atoms with Crippen molar-refractivity contribution in [1.29, 1.82) is 0 Å². The molecule has 0 aliphatic heterocycles. The van der Waals surface area contributed by atoms with Crippen molar-refractivity contribution in [3.63, 3.8) is 0 Å². The van der Waals surface area contributed by atoms with Gasteiger partial charge in [-0.05, 0) is 46.0 Å². The summed E-state index contributed by atoms with van der Waals surface area (Å²) in [5.41, 5.74) is 2.33. The van der Waals surface area contributed by atoms with Crippen LogP contribution in [0.2, 0.25) is 10.1 Å². The molecule has 0 radical (unpaired) electrons. The summed E-state index contributed by atoms with van der Waals surface area (Å²) in [5, 5.41) is 3.25. The molecule has 0 saturated carbocycles. The molecule has 3 aromatic carbocycles. The summed E-state index contributed by atoms with van der Waals surface area (Å²) in [6.45, 7) is 6.91. The van der Waals surface area contributed by atoms with E-state index in [0.717, 1.165) is 29.2 Å². The van der Waals surface area contributed by atoms with Crippen molar-refractivity contribution in [2.45, 2.75) is 38.7 Å². The van der Waals surface area contributed by atoms with Crippen molar-refractivity contribution in [3.05, 3.63) is 101 Å². The molecule has 3 aromatic rings. The van der Waals surface area contributed by atoms with Crippen LogP contribution in [0.1, 0.15) is 38.3 Å². The molecule has 1 aliphatic carbocycles. The highest BCUT2D eigenvalue weighted by molar-refractivity contribution is 7.00. The van der Waals surface area contributed by atoms with Gasteiger partial charge in [-0.1, -0.05) is 105 Å². The first-order valence-electron chi connectivity index (χ1n) is 10.2. The van der Waals surface area contributed by atoms with Crippen LogP contribution >= 0.6 is 11.6 Å². The van der Waals surface area contributed by atoms with Crippen LogP contribution in [0.25, 0.3) is 5.76 Å². The molecule has 0 amide bonds. The van der Waals surface area contributed by atoms with Crippen molar-refractivity contribution in [3.8, 4) is 0 Å². The second-order valence-corrected chi connectivity index (χ2v) is 13.3. The standard InChI is InChI=1S/C26H27ClOSi/c1-26(2,3)29(21-14-6-4-7-15-21,22-16-8-5-9-17-22)28-24-19-11-13-20-12-10-18-23(27)25(20)24/h4-10,12,14-19H,11,13H2,1-3H3. The van der Waals surface area contributed by atoms with E-state index in [2.05, 4.69) is 93.6 Å². The van der Waals surface area contributed by atoms with Crippen molar-refractivity contribution in [2.75, 3.05) is 0 Å². The van der Waals surface area contributed by atoms with E-state index in [1.54, 1.807) is 0 Å². The van der Waals surface area contributed by atoms with E-state index in [-0.39, 0.29) is 5.04 Å². The fourth-order valence-corrected chi connectivity index (χ4v) is 9.15. The third kappa shape index (κ3) is 3.56. The van der Waals surface area contributed by atoms with E-state index in [9.17, 15) is 0 Å². The smallest absolute Gasteiger partial charge is 0.319 e. The van der Waals surface area contributed by atoms with E-state index < -0.39 is 8.32 Å². The monoisotopic (exact) mass is 418 g/mol. The number of rotatable bonds is 4. The molecule has 0 bridgehead atoms. The first-order valence-corrected chi connectivity index (χ1v) is 12.5. The average molecular weight is 419 g/mol. The number of halogens is 1. The van der Waals surface area contributed by atoms with Gasteiger partial charge in [0.25, 0.3) is 0 Å². The Morgan fingerprint density at radius 3 is 1.93 bits per heavy atom. The molecule has 0 fully saturated rings. The van der Waals surface area contributed by atoms with Gasteiger partial charge in [-0.15, -0.1) is 0 Å². The number of hydrogen-bond donors (Lipinski definition) is 0. The summed E-state index contributed by atoms with van der Waals surface area (Å²) in [4.78, 5) is 0. The lowest BCUT2D eigenvalue weighted by Crippen LogP contribution is -2.66. The van der Waals surface area contributed by atoms with E-state index in [1.807, 2.05) is 12.1 Å². The van der Waals surface area contributed by atoms with E-state index in [4.69, 9.17) is 16.0 Å². The highest BCUT2D eigenvalue weighted by Gasteiger charge is 2.52. The maximum atomic E-state index is 7.24. The number of allylic oxidation sites excluding steroid dienone is 1. The van der Waals surface area contributed by atoms with Crippen LogP contribution in [-0.2, 0) is 10.8 Å². The highest BCUT2D eigenvalue weighted by Crippen LogP contribution is 2.42. The Bertz CT molecular complexity index is 980. The minimum atomic E-state index is -2.66. The number of hydrogen-bond acceptors (Lipinski definition) is 1. The zero-order chi connectivity index (χ0) is 20.5. The number of benzene rings is 3. The van der Waals surface area contributed by atoms with Crippen molar-refractivity contribution in [1.82, 2.24) is 0 Å². The van der Waals surface area contributed by atoms with Gasteiger partial charge in [-0.3, -0.25) is 0 Å². The molecule has 0 heterocycles. The van der Waals surface area contributed by atoms with Gasteiger partial charge in [-0.2, -0.15) is 0 Å². The van der Waals surface area contributed by atoms with Crippen LogP contribution in [0.4, 0.5) is 0 Å². The minimum absolute atomic E-state index is 0.0740. The van der Waals surface area contributed by atoms with E-state index in [1.165, 1.54) is 15.9 Å². The lowest BCUT2D eigenvalue weighted by Gasteiger charge is -2.44. The predicted octanol–water partition coefficient (Wildman–Crippen LogP) is 6.20. The normalized spacial score (nSPS) is 14.1. The van der Waals surface area contributed by atoms with Gasteiger partial charge in [-0.25, -0.2) is 0 Å². The molecular formula is C26H27ClOSi. The fourth-order valence-electron chi connectivity index (χ4n) is 4.42. The third-order valence-corrected chi connectivity index (χ3v) is 11.0. The van der Waals surface area contributed by atoms with Gasteiger partial charge in [0.2, 0.25) is 0 Å². The Kier molecular flexibility index (Phi) is 5.41. The third-order valence-electron chi connectivity index (χ3n) is 5.77. The second kappa shape index (κ2) is 7.85. The highest BCUT2D eigenvalue weighted by atomic mass is 35.5. The van der Waals surface area contributed by atoms with Crippen molar-refractivity contribution >= 4 is 36.1 Å². The quantitative estimate of drug-likeness (QED) is 0.458. The molecule has 0 unspecified atom stereocenters. The molecular weight excluding hydrogens is 392 g/mol. The zero-order valence-corrected chi connectivity index (χ0v) is 19.0. The maximum Gasteiger partial charge on any atom is 0.319 e. The van der Waals surface area contributed by atoms with Gasteiger partial charge in [0.1, 0.15) is 5.76 Å². The van der Waals surface area contributed by atoms with E-state index in [0.29, 0.717) is 0 Å². The molecule has 0 aromatic heterocycles. The Morgan fingerprint density at radius 1 is 0.793 bits per heavy atom. The van der Waals surface area contributed by atoms with Gasteiger partial charge in [0.15, 0.2) is 0 Å². The Hall–Kier alpha value is -2.29. The Balaban J connectivity index is 1.95. The first kappa shape index (κ1) is 20.0. The van der Waals surface area contributed by atoms with Crippen LogP contribution in [-0.4, -0.2) is 8.32 Å². The lowest BCUT2D eigenvalue weighted by atomic mass is 9.96. The summed E-state index contributed by atoms with van der Waals surface area (Å²) >= 11 is 6.67. The SMILES string of the molecule is CC(C)(C)[Si](OC1=CCCc2cccc(Cl)c21)(c1ccccc1)c1ccccc1. The van der Waals surface area contributed by atoms with Crippen LogP contribution in [0.5, 0.6) is 0 Å². The number of fused-ring (bicyclic) bond motifs is 1. The van der Waals surface area contributed by atoms with E-state index >= 15 is 0 Å². The maximum absolute atomic E-state index is 7.24. The molecule has 3 heteroatoms. The van der Waals surface area contributed by atoms with Crippen molar-refractivity contribution < 1.29 is 4.43 Å². The summed E-state index contributed by atoms with van der Waals surface area (Å²) < 4.78 is 7.24. The largest absolute Gasteiger partial charge is 0.534 e. The average Bonchev–Trinajstić information content (AvgIpc) is 2.72. The minimum Gasteiger partial charge on any atom is -0.534 e. The van der Waals surface area contributed by atoms with Gasteiger partial charge < -0.3 is 4.43 Å². The van der Waals surface area contributed by atoms with Crippen molar-refractivity contribution in [2.24, 2.45) is 0 Å².